The summed E-state index contributed by atoms with van der Waals surface area (Å²) < 4.78 is 1.54. The molecule has 2 aliphatic rings. The predicted molar refractivity (Wildman–Crippen MR) is 117 cm³/mol. The number of rotatable bonds is 3. The van der Waals surface area contributed by atoms with Crippen LogP contribution in [-0.2, 0) is 17.8 Å². The first-order valence-corrected chi connectivity index (χ1v) is 10.6. The number of likely N-dealkylation sites (tertiary alicyclic amines) is 1. The Morgan fingerprint density at radius 3 is 2.58 bits per heavy atom. The summed E-state index contributed by atoms with van der Waals surface area (Å²) in [5.41, 5.74) is 3.00. The number of aromatic nitrogens is 5. The van der Waals surface area contributed by atoms with Gasteiger partial charge in [-0.2, -0.15) is 5.10 Å². The number of anilines is 1. The average molecular weight is 452 g/mol. The van der Waals surface area contributed by atoms with Crippen molar-refractivity contribution in [3.05, 3.63) is 47.2 Å². The highest BCUT2D eigenvalue weighted by atomic mass is 16.3. The van der Waals surface area contributed by atoms with Crippen molar-refractivity contribution in [1.82, 2.24) is 34.4 Å². The standard InChI is InChI=1S/C20H22N8O2.CH2O2/c1-21-20-24-14-7-10-27(18(29)15-5-4-6-16-22-12-23-28(15)16)11-13(14)17(25-20)19(30)26-8-2-3-9-26;2-1-3/h4-6,12H,2-3,7-11H2,1H3,(H,21,24,25);1H,(H,2,3). The van der Waals surface area contributed by atoms with Gasteiger partial charge in [-0.1, -0.05) is 6.07 Å². The van der Waals surface area contributed by atoms with Crippen molar-refractivity contribution in [2.75, 3.05) is 32.0 Å². The van der Waals surface area contributed by atoms with E-state index in [0.29, 0.717) is 35.9 Å². The number of carbonyl (C=O) groups excluding carboxylic acids is 2. The Hall–Kier alpha value is -4.09. The lowest BCUT2D eigenvalue weighted by Gasteiger charge is -2.30. The molecule has 12 heteroatoms. The molecule has 0 atom stereocenters. The molecule has 0 saturated carbocycles. The van der Waals surface area contributed by atoms with Gasteiger partial charge in [0.1, 0.15) is 17.7 Å². The van der Waals surface area contributed by atoms with E-state index < -0.39 is 0 Å². The van der Waals surface area contributed by atoms with E-state index in [2.05, 4.69) is 25.4 Å². The summed E-state index contributed by atoms with van der Waals surface area (Å²) in [6, 6.07) is 5.32. The lowest BCUT2D eigenvalue weighted by atomic mass is 10.0. The van der Waals surface area contributed by atoms with Crippen LogP contribution in [-0.4, -0.2) is 84.4 Å². The zero-order valence-electron chi connectivity index (χ0n) is 18.1. The molecule has 2 amide bonds. The van der Waals surface area contributed by atoms with Crippen molar-refractivity contribution in [1.29, 1.82) is 0 Å². The fourth-order valence-electron chi connectivity index (χ4n) is 4.12. The van der Waals surface area contributed by atoms with Crippen molar-refractivity contribution in [2.45, 2.75) is 25.8 Å². The molecule has 2 aliphatic heterocycles. The van der Waals surface area contributed by atoms with Gasteiger partial charge in [0.05, 0.1) is 12.2 Å². The third kappa shape index (κ3) is 4.31. The SMILES string of the molecule is CNc1nc2c(c(C(=O)N3CCCC3)n1)CN(C(=O)c1cccc3ncnn13)CC2.O=CO. The second-order valence-corrected chi connectivity index (χ2v) is 7.59. The number of carboxylic acid groups (broad SMARTS) is 1. The fraction of sp³-hybridized carbons (Fsp3) is 0.381. The molecule has 1 fully saturated rings. The van der Waals surface area contributed by atoms with E-state index in [1.807, 2.05) is 4.90 Å². The quantitative estimate of drug-likeness (QED) is 0.548. The van der Waals surface area contributed by atoms with Gasteiger partial charge in [0.2, 0.25) is 5.95 Å². The Morgan fingerprint density at radius 2 is 1.85 bits per heavy atom. The second-order valence-electron chi connectivity index (χ2n) is 7.59. The molecule has 2 N–H and O–H groups in total. The number of hydrogen-bond acceptors (Lipinski definition) is 8. The van der Waals surface area contributed by atoms with Gasteiger partial charge in [-0.3, -0.25) is 14.4 Å². The molecule has 5 rings (SSSR count). The maximum absolute atomic E-state index is 13.3. The molecule has 3 aromatic rings. The summed E-state index contributed by atoms with van der Waals surface area (Å²) >= 11 is 0. The highest BCUT2D eigenvalue weighted by Crippen LogP contribution is 2.25. The van der Waals surface area contributed by atoms with E-state index >= 15 is 0 Å². The van der Waals surface area contributed by atoms with Crippen LogP contribution >= 0.6 is 0 Å². The number of carbonyl (C=O) groups is 3. The van der Waals surface area contributed by atoms with Crippen LogP contribution in [0.25, 0.3) is 5.65 Å². The molecule has 172 valence electrons. The largest absolute Gasteiger partial charge is 0.483 e. The minimum absolute atomic E-state index is 0.0877. The van der Waals surface area contributed by atoms with Crippen LogP contribution in [0.3, 0.4) is 0 Å². The molecule has 12 nitrogen and oxygen atoms in total. The Balaban J connectivity index is 0.000000821. The van der Waals surface area contributed by atoms with Crippen molar-refractivity contribution >= 4 is 29.9 Å². The Morgan fingerprint density at radius 1 is 1.09 bits per heavy atom. The van der Waals surface area contributed by atoms with Gasteiger partial charge in [-0.15, -0.1) is 0 Å². The van der Waals surface area contributed by atoms with E-state index in [4.69, 9.17) is 9.90 Å². The van der Waals surface area contributed by atoms with Crippen LogP contribution < -0.4 is 5.32 Å². The van der Waals surface area contributed by atoms with Gasteiger partial charge in [-0.05, 0) is 25.0 Å². The van der Waals surface area contributed by atoms with Crippen molar-refractivity contribution in [3.63, 3.8) is 0 Å². The monoisotopic (exact) mass is 452 g/mol. The Kier molecular flexibility index (Phi) is 6.43. The molecule has 1 saturated heterocycles. The number of nitrogens with one attached hydrogen (secondary N) is 1. The molecule has 3 aromatic heterocycles. The second kappa shape index (κ2) is 9.59. The number of amides is 2. The lowest BCUT2D eigenvalue weighted by Crippen LogP contribution is -2.39. The van der Waals surface area contributed by atoms with E-state index in [9.17, 15) is 9.59 Å². The van der Waals surface area contributed by atoms with Crippen LogP contribution in [0.4, 0.5) is 5.95 Å². The molecule has 0 aliphatic carbocycles. The summed E-state index contributed by atoms with van der Waals surface area (Å²) in [6.07, 6.45) is 4.00. The first kappa shape index (κ1) is 22.1. The summed E-state index contributed by atoms with van der Waals surface area (Å²) in [7, 11) is 1.74. The van der Waals surface area contributed by atoms with Crippen LogP contribution in [0.15, 0.2) is 24.5 Å². The molecular formula is C21H24N8O4. The van der Waals surface area contributed by atoms with E-state index in [1.165, 1.54) is 10.8 Å². The van der Waals surface area contributed by atoms with Crippen LogP contribution in [0.2, 0.25) is 0 Å². The molecular weight excluding hydrogens is 428 g/mol. The zero-order valence-corrected chi connectivity index (χ0v) is 18.1. The van der Waals surface area contributed by atoms with Crippen molar-refractivity contribution in [2.24, 2.45) is 0 Å². The zero-order chi connectivity index (χ0) is 23.4. The maximum atomic E-state index is 13.3. The Bertz CT molecular complexity index is 1190. The van der Waals surface area contributed by atoms with E-state index in [0.717, 1.165) is 37.2 Å². The molecule has 5 heterocycles. The third-order valence-electron chi connectivity index (χ3n) is 5.69. The minimum atomic E-state index is -0.250. The normalized spacial score (nSPS) is 14.9. The molecule has 33 heavy (non-hydrogen) atoms. The highest BCUT2D eigenvalue weighted by molar-refractivity contribution is 5.96. The molecule has 0 spiro atoms. The number of hydrogen-bond donors (Lipinski definition) is 2. The van der Waals surface area contributed by atoms with Gasteiger partial charge in [0.25, 0.3) is 18.3 Å². The molecule has 0 radical (unpaired) electrons. The lowest BCUT2D eigenvalue weighted by molar-refractivity contribution is -0.122. The van der Waals surface area contributed by atoms with Gasteiger partial charge in [0, 0.05) is 38.7 Å². The van der Waals surface area contributed by atoms with Gasteiger partial charge in [0.15, 0.2) is 5.65 Å². The first-order valence-electron chi connectivity index (χ1n) is 10.6. The summed E-state index contributed by atoms with van der Waals surface area (Å²) in [4.78, 5) is 51.5. The third-order valence-corrected chi connectivity index (χ3v) is 5.69. The maximum Gasteiger partial charge on any atom is 0.290 e. The predicted octanol–water partition coefficient (Wildman–Crippen LogP) is 0.696. The van der Waals surface area contributed by atoms with Gasteiger partial charge < -0.3 is 20.2 Å². The Labute approximate surface area is 189 Å². The number of nitrogens with zero attached hydrogens (tertiary/aromatic N) is 7. The minimum Gasteiger partial charge on any atom is -0.483 e. The highest BCUT2D eigenvalue weighted by Gasteiger charge is 2.31. The topological polar surface area (TPSA) is 146 Å². The van der Waals surface area contributed by atoms with Crippen LogP contribution in [0, 0.1) is 0 Å². The summed E-state index contributed by atoms with van der Waals surface area (Å²) in [6.45, 7) is 2.03. The van der Waals surface area contributed by atoms with E-state index in [1.54, 1.807) is 30.1 Å². The van der Waals surface area contributed by atoms with Crippen molar-refractivity contribution in [3.8, 4) is 0 Å². The average Bonchev–Trinajstić information content (AvgIpc) is 3.55. The van der Waals surface area contributed by atoms with Crippen LogP contribution in [0.5, 0.6) is 0 Å². The van der Waals surface area contributed by atoms with Crippen molar-refractivity contribution < 1.29 is 19.5 Å². The van der Waals surface area contributed by atoms with Gasteiger partial charge >= 0.3 is 0 Å². The fourth-order valence-corrected chi connectivity index (χ4v) is 4.12. The van der Waals surface area contributed by atoms with Gasteiger partial charge in [-0.25, -0.2) is 19.5 Å². The molecule has 0 unspecified atom stereocenters. The number of fused-ring (bicyclic) bond motifs is 2. The molecule has 0 bridgehead atoms. The summed E-state index contributed by atoms with van der Waals surface area (Å²) in [5, 5.41) is 14.0. The number of pyridine rings is 1. The van der Waals surface area contributed by atoms with E-state index in [-0.39, 0.29) is 24.8 Å². The molecule has 0 aromatic carbocycles. The summed E-state index contributed by atoms with van der Waals surface area (Å²) in [5.74, 6) is 0.188. The first-order chi connectivity index (χ1) is 16.1. The van der Waals surface area contributed by atoms with Crippen LogP contribution in [0.1, 0.15) is 45.1 Å². The smallest absolute Gasteiger partial charge is 0.290 e.